The molecule has 0 saturated heterocycles. The van der Waals surface area contributed by atoms with Crippen molar-refractivity contribution in [3.63, 3.8) is 0 Å². The van der Waals surface area contributed by atoms with Gasteiger partial charge in [0.15, 0.2) is 0 Å². The van der Waals surface area contributed by atoms with Gasteiger partial charge in [0.1, 0.15) is 5.75 Å². The van der Waals surface area contributed by atoms with Crippen molar-refractivity contribution in [1.82, 2.24) is 5.32 Å². The second-order valence-electron chi connectivity index (χ2n) is 8.77. The zero-order valence-electron chi connectivity index (χ0n) is 23.0. The number of benzene rings is 3. The standard InChI is InChI=1S/C23H30ClN3O3.C7H6O3/c1-4-26(5-2)16-14-25-22(28)13-15-27(20-8-6-7-19(24)17-20)23(29)18-9-11-21(30-3)12-10-18;8-6-4-2-1-3-5(6)7(9)10/h6-12,17H,4-5,13-16H2,1-3H3,(H,25,28);1-4,8H,(H,9,10). The van der Waals surface area contributed by atoms with Crippen LogP contribution in [0.3, 0.4) is 0 Å². The molecule has 10 heteroatoms. The first kappa shape index (κ1) is 32.1. The van der Waals surface area contributed by atoms with Gasteiger partial charge in [-0.3, -0.25) is 9.59 Å². The maximum absolute atomic E-state index is 13.2. The Hall–Kier alpha value is -4.08. The van der Waals surface area contributed by atoms with Crippen molar-refractivity contribution in [2.24, 2.45) is 0 Å². The van der Waals surface area contributed by atoms with Crippen LogP contribution in [0.4, 0.5) is 5.69 Å². The molecule has 0 heterocycles. The molecule has 0 aliphatic rings. The summed E-state index contributed by atoms with van der Waals surface area (Å²) in [5.41, 5.74) is 0.993. The third kappa shape index (κ3) is 10.2. The van der Waals surface area contributed by atoms with E-state index < -0.39 is 11.7 Å². The monoisotopic (exact) mass is 569 g/mol. The molecule has 3 aromatic rings. The highest BCUT2D eigenvalue weighted by Gasteiger charge is 2.19. The summed E-state index contributed by atoms with van der Waals surface area (Å²) in [4.78, 5) is 38.7. The maximum atomic E-state index is 13.2. The molecule has 0 aliphatic heterocycles. The molecule has 3 rings (SSSR count). The number of halogens is 1. The number of para-hydroxylation sites is 1. The predicted octanol–water partition coefficient (Wildman–Crippen LogP) is 2.88. The molecular weight excluding hydrogens is 534 g/mol. The van der Waals surface area contributed by atoms with Gasteiger partial charge in [-0.1, -0.05) is 41.6 Å². The number of likely N-dealkylation sites (N-methyl/N-ethyl adjacent to an activating group) is 1. The van der Waals surface area contributed by atoms with Crippen LogP contribution in [-0.4, -0.2) is 62.7 Å². The number of carbonyl (C=O) groups excluding carboxylic acids is 2. The molecule has 40 heavy (non-hydrogen) atoms. The van der Waals surface area contributed by atoms with E-state index in [4.69, 9.17) is 21.4 Å². The van der Waals surface area contributed by atoms with Gasteiger partial charge in [0, 0.05) is 29.2 Å². The highest BCUT2D eigenvalue weighted by atomic mass is 35.5. The zero-order valence-corrected chi connectivity index (χ0v) is 23.7. The topological polar surface area (TPSA) is 123 Å². The first-order valence-electron chi connectivity index (χ1n) is 13.0. The van der Waals surface area contributed by atoms with Gasteiger partial charge in [-0.2, -0.15) is 0 Å². The first-order chi connectivity index (χ1) is 19.2. The summed E-state index contributed by atoms with van der Waals surface area (Å²) in [5.74, 6) is -1.22. The second-order valence-corrected chi connectivity index (χ2v) is 9.21. The van der Waals surface area contributed by atoms with Gasteiger partial charge in [-0.05, 0) is 62.4 Å². The van der Waals surface area contributed by atoms with Crippen molar-refractivity contribution >= 4 is 35.1 Å². The number of nitrogens with one attached hydrogen (secondary N) is 2. The van der Waals surface area contributed by atoms with Crippen LogP contribution in [0.15, 0.2) is 72.8 Å². The molecule has 0 atom stereocenters. The normalized spacial score (nSPS) is 10.3. The summed E-state index contributed by atoms with van der Waals surface area (Å²) >= 11 is 6.13. The summed E-state index contributed by atoms with van der Waals surface area (Å²) < 4.78 is 5.16. The number of amides is 2. The van der Waals surface area contributed by atoms with Crippen LogP contribution in [0, 0.1) is 0 Å². The molecular formula is C30H36ClN3O6. The van der Waals surface area contributed by atoms with Gasteiger partial charge in [-0.15, -0.1) is 0 Å². The highest BCUT2D eigenvalue weighted by molar-refractivity contribution is 6.31. The van der Waals surface area contributed by atoms with E-state index in [-0.39, 0.29) is 30.3 Å². The lowest BCUT2D eigenvalue weighted by Crippen LogP contribution is -3.12. The number of nitrogens with zero attached hydrogens (tertiary/aromatic N) is 1. The van der Waals surface area contributed by atoms with Crippen LogP contribution >= 0.6 is 11.6 Å². The number of hydrogen-bond donors (Lipinski definition) is 3. The molecule has 0 fully saturated rings. The summed E-state index contributed by atoms with van der Waals surface area (Å²) in [6, 6.07) is 19.5. The minimum absolute atomic E-state index is 0.0730. The van der Waals surface area contributed by atoms with Gasteiger partial charge >= 0.3 is 5.97 Å². The van der Waals surface area contributed by atoms with Crippen LogP contribution in [0.25, 0.3) is 0 Å². The van der Waals surface area contributed by atoms with Crippen molar-refractivity contribution in [3.8, 4) is 11.5 Å². The Morgan fingerprint density at radius 1 is 1.00 bits per heavy atom. The Morgan fingerprint density at radius 3 is 2.23 bits per heavy atom. The van der Waals surface area contributed by atoms with E-state index in [0.29, 0.717) is 28.6 Å². The van der Waals surface area contributed by atoms with Crippen LogP contribution in [-0.2, 0) is 4.79 Å². The Balaban J connectivity index is 0.000000469. The maximum Gasteiger partial charge on any atom is 0.335 e. The fourth-order valence-corrected chi connectivity index (χ4v) is 3.99. The van der Waals surface area contributed by atoms with Gasteiger partial charge in [0.25, 0.3) is 5.91 Å². The second kappa shape index (κ2) is 16.8. The SMILES string of the molecule is CC[NH+](CC)CCNC(=O)CCN(C(=O)c1ccc(OC)cc1)c1cccc(Cl)c1.O=C(O)c1ccccc1[O-]. The molecule has 0 unspecified atom stereocenters. The van der Waals surface area contributed by atoms with Crippen molar-refractivity contribution in [2.75, 3.05) is 44.7 Å². The fraction of sp³-hybridized carbons (Fsp3) is 0.300. The predicted molar refractivity (Wildman–Crippen MR) is 154 cm³/mol. The van der Waals surface area contributed by atoms with E-state index in [1.54, 1.807) is 54.5 Å². The minimum atomic E-state index is -1.18. The third-order valence-corrected chi connectivity index (χ3v) is 6.42. The highest BCUT2D eigenvalue weighted by Crippen LogP contribution is 2.23. The minimum Gasteiger partial charge on any atom is -0.872 e. The molecule has 0 bridgehead atoms. The molecule has 0 radical (unpaired) electrons. The largest absolute Gasteiger partial charge is 0.872 e. The number of anilines is 1. The molecule has 0 spiro atoms. The smallest absolute Gasteiger partial charge is 0.335 e. The van der Waals surface area contributed by atoms with Crippen LogP contribution in [0.1, 0.15) is 41.0 Å². The molecule has 0 aromatic heterocycles. The van der Waals surface area contributed by atoms with E-state index in [0.717, 1.165) is 19.6 Å². The molecule has 3 N–H and O–H groups in total. The molecule has 3 aromatic carbocycles. The van der Waals surface area contributed by atoms with Crippen LogP contribution in [0.5, 0.6) is 11.5 Å². The van der Waals surface area contributed by atoms with Crippen LogP contribution < -0.4 is 25.0 Å². The zero-order chi connectivity index (χ0) is 29.5. The summed E-state index contributed by atoms with van der Waals surface area (Å²) in [7, 11) is 1.58. The lowest BCUT2D eigenvalue weighted by atomic mass is 10.1. The molecule has 214 valence electrons. The van der Waals surface area contributed by atoms with E-state index in [2.05, 4.69) is 19.2 Å². The lowest BCUT2D eigenvalue weighted by molar-refractivity contribution is -0.895. The lowest BCUT2D eigenvalue weighted by Gasteiger charge is -2.23. The molecule has 0 aliphatic carbocycles. The number of carboxylic acid groups (broad SMARTS) is 1. The van der Waals surface area contributed by atoms with Crippen LogP contribution in [0.2, 0.25) is 5.02 Å². The quantitative estimate of drug-likeness (QED) is 0.308. The molecule has 0 saturated carbocycles. The number of quaternary nitrogens is 1. The fourth-order valence-electron chi connectivity index (χ4n) is 3.81. The van der Waals surface area contributed by atoms with Gasteiger partial charge < -0.3 is 30.1 Å². The van der Waals surface area contributed by atoms with Crippen molar-refractivity contribution in [1.29, 1.82) is 0 Å². The van der Waals surface area contributed by atoms with E-state index >= 15 is 0 Å². The van der Waals surface area contributed by atoms with Gasteiger partial charge in [0.2, 0.25) is 5.91 Å². The average molecular weight is 570 g/mol. The Labute approximate surface area is 239 Å². The number of carboxylic acids is 1. The van der Waals surface area contributed by atoms with Crippen molar-refractivity contribution in [2.45, 2.75) is 20.3 Å². The summed E-state index contributed by atoms with van der Waals surface area (Å²) in [6.45, 7) is 8.11. The van der Waals surface area contributed by atoms with E-state index in [9.17, 15) is 19.5 Å². The third-order valence-electron chi connectivity index (χ3n) is 6.18. The van der Waals surface area contributed by atoms with E-state index in [1.807, 2.05) is 6.07 Å². The van der Waals surface area contributed by atoms with Gasteiger partial charge in [-0.25, -0.2) is 4.79 Å². The van der Waals surface area contributed by atoms with E-state index in [1.165, 1.54) is 29.2 Å². The number of carbonyl (C=O) groups is 3. The molecule has 9 nitrogen and oxygen atoms in total. The van der Waals surface area contributed by atoms with Crippen molar-refractivity contribution < 1.29 is 34.2 Å². The Bertz CT molecular complexity index is 1250. The summed E-state index contributed by atoms with van der Waals surface area (Å²) in [6.07, 6.45) is 0.210. The number of methoxy groups -OCH3 is 1. The Kier molecular flexibility index (Phi) is 13.5. The summed E-state index contributed by atoms with van der Waals surface area (Å²) in [5, 5.41) is 22.5. The number of aromatic carboxylic acids is 1. The average Bonchev–Trinajstić information content (AvgIpc) is 2.96. The first-order valence-corrected chi connectivity index (χ1v) is 13.4. The number of ether oxygens (including phenoxy) is 1. The molecule has 2 amide bonds. The number of rotatable bonds is 12. The number of hydrogen-bond acceptors (Lipinski definition) is 5. The Morgan fingerprint density at radius 2 is 1.68 bits per heavy atom. The van der Waals surface area contributed by atoms with Gasteiger partial charge in [0.05, 0.1) is 38.9 Å². The van der Waals surface area contributed by atoms with Crippen molar-refractivity contribution in [3.05, 3.63) is 88.9 Å².